The standard InChI is InChI=1S/C13H18FNO3S/c1-9-7-13(11(10(2)16)8-12(9)14)15(3)5-6-19(4,17)18/h7-8H,5-6H2,1-4H3. The van der Waals surface area contributed by atoms with Crippen molar-refractivity contribution in [3.8, 4) is 0 Å². The van der Waals surface area contributed by atoms with Crippen LogP contribution in [0.5, 0.6) is 0 Å². The quantitative estimate of drug-likeness (QED) is 0.775. The molecule has 0 unspecified atom stereocenters. The second-order valence-electron chi connectivity index (χ2n) is 4.73. The Morgan fingerprint density at radius 2 is 1.95 bits per heavy atom. The Labute approximate surface area is 113 Å². The van der Waals surface area contributed by atoms with Crippen LogP contribution in [-0.2, 0) is 9.84 Å². The van der Waals surface area contributed by atoms with E-state index in [9.17, 15) is 17.6 Å². The summed E-state index contributed by atoms with van der Waals surface area (Å²) >= 11 is 0. The van der Waals surface area contributed by atoms with Gasteiger partial charge in [0.1, 0.15) is 15.7 Å². The predicted octanol–water partition coefficient (Wildman–Crippen LogP) is 1.82. The second kappa shape index (κ2) is 5.69. The van der Waals surface area contributed by atoms with Gasteiger partial charge < -0.3 is 4.90 Å². The number of anilines is 1. The monoisotopic (exact) mass is 287 g/mol. The molecule has 1 aromatic rings. The molecule has 0 aliphatic carbocycles. The van der Waals surface area contributed by atoms with Crippen molar-refractivity contribution < 1.29 is 17.6 Å². The number of ketones is 1. The fourth-order valence-electron chi connectivity index (χ4n) is 1.69. The maximum Gasteiger partial charge on any atom is 0.161 e. The fourth-order valence-corrected chi connectivity index (χ4v) is 2.29. The van der Waals surface area contributed by atoms with Crippen molar-refractivity contribution in [3.63, 3.8) is 0 Å². The maximum absolute atomic E-state index is 13.5. The van der Waals surface area contributed by atoms with E-state index in [1.807, 2.05) is 0 Å². The number of halogens is 1. The van der Waals surface area contributed by atoms with Crippen molar-refractivity contribution in [2.24, 2.45) is 0 Å². The Morgan fingerprint density at radius 3 is 2.42 bits per heavy atom. The third kappa shape index (κ3) is 4.31. The van der Waals surface area contributed by atoms with E-state index in [2.05, 4.69) is 0 Å². The summed E-state index contributed by atoms with van der Waals surface area (Å²) in [5.74, 6) is -0.706. The summed E-state index contributed by atoms with van der Waals surface area (Å²) in [6, 6.07) is 2.76. The molecule has 6 heteroatoms. The van der Waals surface area contributed by atoms with Crippen molar-refractivity contribution in [3.05, 3.63) is 29.1 Å². The van der Waals surface area contributed by atoms with Gasteiger partial charge in [0.2, 0.25) is 0 Å². The third-order valence-electron chi connectivity index (χ3n) is 2.86. The molecule has 0 saturated carbocycles. The van der Waals surface area contributed by atoms with Gasteiger partial charge in [-0.3, -0.25) is 4.79 Å². The maximum atomic E-state index is 13.5. The lowest BCUT2D eigenvalue weighted by atomic mass is 10.1. The largest absolute Gasteiger partial charge is 0.373 e. The molecular weight excluding hydrogens is 269 g/mol. The highest BCUT2D eigenvalue weighted by Crippen LogP contribution is 2.24. The number of carbonyl (C=O) groups is 1. The Morgan fingerprint density at radius 1 is 1.37 bits per heavy atom. The normalized spacial score (nSPS) is 11.4. The molecule has 0 radical (unpaired) electrons. The van der Waals surface area contributed by atoms with Crippen LogP contribution in [0.4, 0.5) is 10.1 Å². The number of hydrogen-bond donors (Lipinski definition) is 0. The number of benzene rings is 1. The van der Waals surface area contributed by atoms with Gasteiger partial charge >= 0.3 is 0 Å². The van der Waals surface area contributed by atoms with Gasteiger partial charge in [-0.2, -0.15) is 0 Å². The molecule has 0 atom stereocenters. The van der Waals surface area contributed by atoms with Gasteiger partial charge in [0.15, 0.2) is 5.78 Å². The first-order valence-electron chi connectivity index (χ1n) is 5.82. The molecule has 4 nitrogen and oxygen atoms in total. The first-order chi connectivity index (χ1) is 8.61. The number of sulfone groups is 1. The summed E-state index contributed by atoms with van der Waals surface area (Å²) < 4.78 is 35.8. The number of rotatable bonds is 5. The Bertz CT molecular complexity index is 596. The van der Waals surface area contributed by atoms with E-state index in [0.29, 0.717) is 11.3 Å². The van der Waals surface area contributed by atoms with E-state index in [-0.39, 0.29) is 23.6 Å². The third-order valence-corrected chi connectivity index (χ3v) is 3.79. The first kappa shape index (κ1) is 15.6. The van der Waals surface area contributed by atoms with Crippen LogP contribution in [0.3, 0.4) is 0 Å². The number of hydrogen-bond acceptors (Lipinski definition) is 4. The zero-order valence-electron chi connectivity index (χ0n) is 11.5. The SMILES string of the molecule is CC(=O)c1cc(F)c(C)cc1N(C)CCS(C)(=O)=O. The average Bonchev–Trinajstić information content (AvgIpc) is 2.27. The van der Waals surface area contributed by atoms with Crippen molar-refractivity contribution >= 4 is 21.3 Å². The van der Waals surface area contributed by atoms with Gasteiger partial charge in [0.05, 0.1) is 5.75 Å². The van der Waals surface area contributed by atoms with Crippen LogP contribution in [0.25, 0.3) is 0 Å². The lowest BCUT2D eigenvalue weighted by Crippen LogP contribution is -2.26. The highest BCUT2D eigenvalue weighted by Gasteiger charge is 2.15. The lowest BCUT2D eigenvalue weighted by molar-refractivity contribution is 0.101. The second-order valence-corrected chi connectivity index (χ2v) is 6.99. The summed E-state index contributed by atoms with van der Waals surface area (Å²) in [5.41, 5.74) is 1.24. The molecule has 0 bridgehead atoms. The highest BCUT2D eigenvalue weighted by molar-refractivity contribution is 7.90. The van der Waals surface area contributed by atoms with Crippen LogP contribution in [0.2, 0.25) is 0 Å². The first-order valence-corrected chi connectivity index (χ1v) is 7.88. The van der Waals surface area contributed by atoms with Gasteiger partial charge in [-0.15, -0.1) is 0 Å². The molecule has 0 saturated heterocycles. The van der Waals surface area contributed by atoms with Crippen LogP contribution < -0.4 is 4.90 Å². The number of Topliss-reactive ketones (excluding diaryl/α,β-unsaturated/α-hetero) is 1. The van der Waals surface area contributed by atoms with Crippen LogP contribution in [-0.4, -0.2) is 39.8 Å². The smallest absolute Gasteiger partial charge is 0.161 e. The molecule has 0 N–H and O–H groups in total. The van der Waals surface area contributed by atoms with Crippen molar-refractivity contribution in [2.75, 3.05) is 30.5 Å². The molecule has 19 heavy (non-hydrogen) atoms. The molecule has 0 aliphatic rings. The summed E-state index contributed by atoms with van der Waals surface area (Å²) in [7, 11) is -1.39. The average molecular weight is 287 g/mol. The Balaban J connectivity index is 3.11. The summed E-state index contributed by atoms with van der Waals surface area (Å²) in [4.78, 5) is 13.2. The van der Waals surface area contributed by atoms with Crippen LogP contribution in [0, 0.1) is 12.7 Å². The number of carbonyl (C=O) groups excluding carboxylic acids is 1. The van der Waals surface area contributed by atoms with E-state index < -0.39 is 15.7 Å². The van der Waals surface area contributed by atoms with E-state index >= 15 is 0 Å². The van der Waals surface area contributed by atoms with Crippen LogP contribution in [0.1, 0.15) is 22.8 Å². The van der Waals surface area contributed by atoms with E-state index in [4.69, 9.17) is 0 Å². The zero-order chi connectivity index (χ0) is 14.8. The van der Waals surface area contributed by atoms with Gasteiger partial charge in [0, 0.05) is 31.1 Å². The predicted molar refractivity (Wildman–Crippen MR) is 74.1 cm³/mol. The molecule has 0 fully saturated rings. The summed E-state index contributed by atoms with van der Waals surface area (Å²) in [5, 5.41) is 0. The van der Waals surface area contributed by atoms with Gasteiger partial charge in [-0.1, -0.05) is 0 Å². The minimum absolute atomic E-state index is 0.0166. The minimum atomic E-state index is -3.08. The van der Waals surface area contributed by atoms with Crippen LogP contribution in [0.15, 0.2) is 12.1 Å². The summed E-state index contributed by atoms with van der Waals surface area (Å²) in [6.07, 6.45) is 1.16. The molecule has 0 aromatic heterocycles. The topological polar surface area (TPSA) is 54.5 Å². The number of nitrogens with zero attached hydrogens (tertiary/aromatic N) is 1. The van der Waals surface area contributed by atoms with Crippen LogP contribution >= 0.6 is 0 Å². The van der Waals surface area contributed by atoms with Crippen molar-refractivity contribution in [1.29, 1.82) is 0 Å². The van der Waals surface area contributed by atoms with Crippen molar-refractivity contribution in [2.45, 2.75) is 13.8 Å². The Hall–Kier alpha value is -1.43. The molecule has 0 heterocycles. The number of aryl methyl sites for hydroxylation is 1. The molecule has 0 spiro atoms. The fraction of sp³-hybridized carbons (Fsp3) is 0.462. The molecular formula is C13H18FNO3S. The van der Waals surface area contributed by atoms with E-state index in [1.165, 1.54) is 13.0 Å². The molecule has 1 aromatic carbocycles. The zero-order valence-corrected chi connectivity index (χ0v) is 12.3. The highest BCUT2D eigenvalue weighted by atomic mass is 32.2. The molecule has 0 aliphatic heterocycles. The molecule has 1 rings (SSSR count). The van der Waals surface area contributed by atoms with Gasteiger partial charge in [-0.05, 0) is 31.5 Å². The van der Waals surface area contributed by atoms with E-state index in [0.717, 1.165) is 6.26 Å². The molecule has 106 valence electrons. The van der Waals surface area contributed by atoms with Gasteiger partial charge in [0.25, 0.3) is 0 Å². The summed E-state index contributed by atoms with van der Waals surface area (Å²) in [6.45, 7) is 3.22. The molecule has 0 amide bonds. The van der Waals surface area contributed by atoms with Gasteiger partial charge in [-0.25, -0.2) is 12.8 Å². The van der Waals surface area contributed by atoms with E-state index in [1.54, 1.807) is 24.9 Å². The lowest BCUT2D eigenvalue weighted by Gasteiger charge is -2.22. The van der Waals surface area contributed by atoms with Crippen molar-refractivity contribution in [1.82, 2.24) is 0 Å². The minimum Gasteiger partial charge on any atom is -0.373 e. The Kier molecular flexibility index (Phi) is 4.68.